The van der Waals surface area contributed by atoms with Gasteiger partial charge in [0.15, 0.2) is 0 Å². The van der Waals surface area contributed by atoms with Gasteiger partial charge in [-0.1, -0.05) is 38.8 Å². The van der Waals surface area contributed by atoms with Gasteiger partial charge in [-0.2, -0.15) is 0 Å². The molecule has 1 aliphatic rings. The highest BCUT2D eigenvalue weighted by Gasteiger charge is 2.36. The van der Waals surface area contributed by atoms with Crippen molar-refractivity contribution in [2.45, 2.75) is 38.1 Å². The molecule has 0 saturated heterocycles. The Morgan fingerprint density at radius 1 is 1.29 bits per heavy atom. The van der Waals surface area contributed by atoms with Crippen molar-refractivity contribution in [1.82, 2.24) is 5.32 Å². The maximum Gasteiger partial charge on any atom is 0.251 e. The van der Waals surface area contributed by atoms with Gasteiger partial charge in [-0.3, -0.25) is 4.79 Å². The molecule has 1 aromatic rings. The zero-order chi connectivity index (χ0) is 12.5. The molecule has 17 heavy (non-hydrogen) atoms. The van der Waals surface area contributed by atoms with Gasteiger partial charge in [0.05, 0.1) is 0 Å². The van der Waals surface area contributed by atoms with Crippen molar-refractivity contribution in [2.24, 2.45) is 0 Å². The molecule has 1 saturated carbocycles. The highest BCUT2D eigenvalue weighted by molar-refractivity contribution is 9.11. The fourth-order valence-corrected chi connectivity index (χ4v) is 3.46. The third-order valence-electron chi connectivity index (χ3n) is 3.49. The van der Waals surface area contributed by atoms with Crippen LogP contribution >= 0.6 is 31.9 Å². The summed E-state index contributed by atoms with van der Waals surface area (Å²) in [5.41, 5.74) is 0.747. The van der Waals surface area contributed by atoms with E-state index in [0.29, 0.717) is 5.56 Å². The maximum atomic E-state index is 12.2. The van der Waals surface area contributed by atoms with Gasteiger partial charge in [-0.15, -0.1) is 0 Å². The molecule has 2 rings (SSSR count). The fourth-order valence-electron chi connectivity index (χ4n) is 2.17. The number of halogens is 2. The van der Waals surface area contributed by atoms with E-state index in [2.05, 4.69) is 44.1 Å². The normalized spacial score (nSPS) is 17.4. The van der Waals surface area contributed by atoms with Crippen LogP contribution in [-0.4, -0.2) is 11.4 Å². The molecule has 0 unspecified atom stereocenters. The van der Waals surface area contributed by atoms with Crippen molar-refractivity contribution in [3.8, 4) is 0 Å². The summed E-state index contributed by atoms with van der Waals surface area (Å²) in [6.45, 7) is 2.14. The number of carbonyl (C=O) groups excluding carboxylic acids is 1. The molecule has 0 aliphatic heterocycles. The van der Waals surface area contributed by atoms with Gasteiger partial charge in [0.2, 0.25) is 0 Å². The molecule has 0 radical (unpaired) electrons. The summed E-state index contributed by atoms with van der Waals surface area (Å²) >= 11 is 6.80. The summed E-state index contributed by atoms with van der Waals surface area (Å²) in [6, 6.07) is 5.62. The van der Waals surface area contributed by atoms with E-state index in [1.54, 1.807) is 0 Å². The number of nitrogens with one attached hydrogen (secondary N) is 1. The second kappa shape index (κ2) is 5.11. The van der Waals surface area contributed by atoms with Crippen molar-refractivity contribution in [1.29, 1.82) is 0 Å². The Morgan fingerprint density at radius 2 is 1.88 bits per heavy atom. The van der Waals surface area contributed by atoms with Gasteiger partial charge in [0.1, 0.15) is 0 Å². The Hall–Kier alpha value is -0.350. The standard InChI is InChI=1S/C13H15Br2NO/c1-2-13(4-3-5-13)16-12(17)9-6-10(14)8-11(15)7-9/h6-8H,2-5H2,1H3,(H,16,17). The molecule has 4 heteroatoms. The van der Waals surface area contributed by atoms with Crippen LogP contribution in [-0.2, 0) is 0 Å². The summed E-state index contributed by atoms with van der Waals surface area (Å²) in [7, 11) is 0. The zero-order valence-corrected chi connectivity index (χ0v) is 12.9. The van der Waals surface area contributed by atoms with Gasteiger partial charge < -0.3 is 5.32 Å². The largest absolute Gasteiger partial charge is 0.347 e. The Balaban J connectivity index is 2.14. The van der Waals surface area contributed by atoms with E-state index in [1.807, 2.05) is 18.2 Å². The van der Waals surface area contributed by atoms with E-state index in [4.69, 9.17) is 0 Å². The monoisotopic (exact) mass is 359 g/mol. The van der Waals surface area contributed by atoms with Gasteiger partial charge in [-0.05, 0) is 43.9 Å². The molecule has 0 aromatic heterocycles. The smallest absolute Gasteiger partial charge is 0.251 e. The lowest BCUT2D eigenvalue weighted by Crippen LogP contribution is -2.52. The Kier molecular flexibility index (Phi) is 3.93. The molecule has 0 spiro atoms. The number of benzene rings is 1. The van der Waals surface area contributed by atoms with E-state index in [1.165, 1.54) is 6.42 Å². The van der Waals surface area contributed by atoms with E-state index < -0.39 is 0 Å². The molecular weight excluding hydrogens is 346 g/mol. The lowest BCUT2D eigenvalue weighted by molar-refractivity contribution is 0.0820. The molecule has 0 atom stereocenters. The fraction of sp³-hybridized carbons (Fsp3) is 0.462. The quantitative estimate of drug-likeness (QED) is 0.856. The van der Waals surface area contributed by atoms with Crippen LogP contribution < -0.4 is 5.32 Å². The van der Waals surface area contributed by atoms with Crippen LogP contribution in [0.4, 0.5) is 0 Å². The van der Waals surface area contributed by atoms with Gasteiger partial charge in [0, 0.05) is 20.0 Å². The minimum atomic E-state index is 0.0218. The second-order valence-electron chi connectivity index (χ2n) is 4.60. The number of rotatable bonds is 3. The number of hydrogen-bond acceptors (Lipinski definition) is 1. The summed E-state index contributed by atoms with van der Waals surface area (Å²) < 4.78 is 1.83. The van der Waals surface area contributed by atoms with Crippen molar-refractivity contribution < 1.29 is 4.79 Å². The van der Waals surface area contributed by atoms with Crippen molar-refractivity contribution in [3.05, 3.63) is 32.7 Å². The number of hydrogen-bond donors (Lipinski definition) is 1. The Morgan fingerprint density at radius 3 is 2.29 bits per heavy atom. The molecule has 1 aliphatic carbocycles. The summed E-state index contributed by atoms with van der Waals surface area (Å²) in [5.74, 6) is 0.0218. The Bertz CT molecular complexity index is 415. The highest BCUT2D eigenvalue weighted by atomic mass is 79.9. The lowest BCUT2D eigenvalue weighted by atomic mass is 9.74. The zero-order valence-electron chi connectivity index (χ0n) is 9.72. The molecule has 0 heterocycles. The molecule has 1 N–H and O–H groups in total. The van der Waals surface area contributed by atoms with Crippen molar-refractivity contribution >= 4 is 37.8 Å². The van der Waals surface area contributed by atoms with Crippen LogP contribution in [0.2, 0.25) is 0 Å². The van der Waals surface area contributed by atoms with Crippen LogP contribution in [0.1, 0.15) is 43.0 Å². The van der Waals surface area contributed by atoms with E-state index in [0.717, 1.165) is 28.2 Å². The average Bonchev–Trinajstić information content (AvgIpc) is 2.21. The highest BCUT2D eigenvalue weighted by Crippen LogP contribution is 2.35. The molecule has 92 valence electrons. The Labute approximate surface area is 118 Å². The van der Waals surface area contributed by atoms with Crippen molar-refractivity contribution in [2.75, 3.05) is 0 Å². The van der Waals surface area contributed by atoms with Crippen LogP contribution in [0.15, 0.2) is 27.1 Å². The maximum absolute atomic E-state index is 12.2. The summed E-state index contributed by atoms with van der Waals surface area (Å²) in [6.07, 6.45) is 4.43. The molecular formula is C13H15Br2NO. The lowest BCUT2D eigenvalue weighted by Gasteiger charge is -2.42. The molecule has 2 nitrogen and oxygen atoms in total. The minimum absolute atomic E-state index is 0.0218. The number of amides is 1. The molecule has 1 aromatic carbocycles. The third kappa shape index (κ3) is 2.91. The third-order valence-corrected chi connectivity index (χ3v) is 4.41. The first kappa shape index (κ1) is 13.1. The predicted octanol–water partition coefficient (Wildman–Crippen LogP) is 4.27. The van der Waals surface area contributed by atoms with Crippen LogP contribution in [0, 0.1) is 0 Å². The van der Waals surface area contributed by atoms with E-state index >= 15 is 0 Å². The second-order valence-corrected chi connectivity index (χ2v) is 6.43. The van der Waals surface area contributed by atoms with Crippen LogP contribution in [0.25, 0.3) is 0 Å². The topological polar surface area (TPSA) is 29.1 Å². The molecule has 1 fully saturated rings. The first-order chi connectivity index (χ1) is 8.04. The first-order valence-electron chi connectivity index (χ1n) is 5.83. The average molecular weight is 361 g/mol. The molecule has 1 amide bonds. The van der Waals surface area contributed by atoms with Crippen molar-refractivity contribution in [3.63, 3.8) is 0 Å². The van der Waals surface area contributed by atoms with Crippen LogP contribution in [0.5, 0.6) is 0 Å². The summed E-state index contributed by atoms with van der Waals surface area (Å²) in [5, 5.41) is 3.17. The first-order valence-corrected chi connectivity index (χ1v) is 7.42. The summed E-state index contributed by atoms with van der Waals surface area (Å²) in [4.78, 5) is 12.2. The minimum Gasteiger partial charge on any atom is -0.347 e. The van der Waals surface area contributed by atoms with E-state index in [-0.39, 0.29) is 11.4 Å². The van der Waals surface area contributed by atoms with Gasteiger partial charge >= 0.3 is 0 Å². The van der Waals surface area contributed by atoms with E-state index in [9.17, 15) is 4.79 Å². The SMILES string of the molecule is CCC1(NC(=O)c2cc(Br)cc(Br)c2)CCC1. The number of carbonyl (C=O) groups is 1. The van der Waals surface area contributed by atoms with Gasteiger partial charge in [0.25, 0.3) is 5.91 Å². The predicted molar refractivity (Wildman–Crippen MR) is 76.2 cm³/mol. The van der Waals surface area contributed by atoms with Crippen LogP contribution in [0.3, 0.4) is 0 Å². The van der Waals surface area contributed by atoms with Gasteiger partial charge in [-0.25, -0.2) is 0 Å². The molecule has 0 bridgehead atoms.